The number of aliphatic carboxylic acids is 1. The maximum Gasteiger partial charge on any atom is 0.303 e. The number of benzene rings is 1. The predicted molar refractivity (Wildman–Crippen MR) is 67.4 cm³/mol. The van der Waals surface area contributed by atoms with Crippen LogP contribution in [0.15, 0.2) is 24.3 Å². The maximum atomic E-state index is 10.3. The van der Waals surface area contributed by atoms with Crippen molar-refractivity contribution >= 4 is 5.97 Å². The molecule has 0 aliphatic rings. The van der Waals surface area contributed by atoms with Crippen molar-refractivity contribution in [2.24, 2.45) is 0 Å². The van der Waals surface area contributed by atoms with Crippen LogP contribution in [0.1, 0.15) is 37.7 Å². The molecule has 0 heterocycles. The smallest absolute Gasteiger partial charge is 0.303 e. The molecule has 3 heteroatoms. The first kappa shape index (κ1) is 13.6. The second-order valence-electron chi connectivity index (χ2n) is 4.16. The molecule has 1 aromatic rings. The van der Waals surface area contributed by atoms with E-state index in [1.165, 1.54) is 5.56 Å². The van der Waals surface area contributed by atoms with Crippen molar-refractivity contribution in [3.8, 4) is 5.75 Å². The van der Waals surface area contributed by atoms with E-state index < -0.39 is 5.97 Å². The van der Waals surface area contributed by atoms with Crippen molar-refractivity contribution in [1.29, 1.82) is 0 Å². The van der Waals surface area contributed by atoms with Gasteiger partial charge in [-0.05, 0) is 37.0 Å². The summed E-state index contributed by atoms with van der Waals surface area (Å²) in [6.07, 6.45) is 5.35. The molecule has 0 amide bonds. The molecule has 17 heavy (non-hydrogen) atoms. The average Bonchev–Trinajstić information content (AvgIpc) is 2.34. The largest absolute Gasteiger partial charge is 0.497 e. The van der Waals surface area contributed by atoms with Crippen LogP contribution in [-0.2, 0) is 11.2 Å². The van der Waals surface area contributed by atoms with Crippen molar-refractivity contribution in [3.63, 3.8) is 0 Å². The molecule has 0 radical (unpaired) electrons. The monoisotopic (exact) mass is 236 g/mol. The molecule has 0 aliphatic heterocycles. The highest BCUT2D eigenvalue weighted by Crippen LogP contribution is 2.14. The van der Waals surface area contributed by atoms with Gasteiger partial charge in [0.2, 0.25) is 0 Å². The number of methoxy groups -OCH3 is 1. The van der Waals surface area contributed by atoms with E-state index in [9.17, 15) is 4.79 Å². The molecule has 0 unspecified atom stereocenters. The molecule has 0 spiro atoms. The number of carboxylic acid groups (broad SMARTS) is 1. The third-order valence-electron chi connectivity index (χ3n) is 2.77. The number of rotatable bonds is 8. The van der Waals surface area contributed by atoms with E-state index in [-0.39, 0.29) is 0 Å². The van der Waals surface area contributed by atoms with Crippen LogP contribution in [0.25, 0.3) is 0 Å². The summed E-state index contributed by atoms with van der Waals surface area (Å²) < 4.78 is 5.09. The van der Waals surface area contributed by atoms with Gasteiger partial charge in [0, 0.05) is 6.42 Å². The Morgan fingerprint density at radius 2 is 1.76 bits per heavy atom. The first-order chi connectivity index (χ1) is 8.22. The molecule has 0 saturated heterocycles. The molecule has 94 valence electrons. The Labute approximate surface area is 102 Å². The SMILES string of the molecule is COc1ccc(CCCCCCC(=O)O)cc1. The topological polar surface area (TPSA) is 46.5 Å². The standard InChI is InChI=1S/C14H20O3/c1-17-13-10-8-12(9-11-13)6-4-2-3-5-7-14(15)16/h8-11H,2-7H2,1H3,(H,15,16). The lowest BCUT2D eigenvalue weighted by molar-refractivity contribution is -0.137. The van der Waals surface area contributed by atoms with E-state index >= 15 is 0 Å². The van der Waals surface area contributed by atoms with Gasteiger partial charge in [0.15, 0.2) is 0 Å². The number of hydrogen-bond acceptors (Lipinski definition) is 2. The van der Waals surface area contributed by atoms with Crippen LogP contribution < -0.4 is 4.74 Å². The van der Waals surface area contributed by atoms with Gasteiger partial charge in [-0.2, -0.15) is 0 Å². The first-order valence-corrected chi connectivity index (χ1v) is 6.07. The lowest BCUT2D eigenvalue weighted by Gasteiger charge is -2.03. The van der Waals surface area contributed by atoms with Crippen LogP contribution in [0.5, 0.6) is 5.75 Å². The van der Waals surface area contributed by atoms with Gasteiger partial charge < -0.3 is 9.84 Å². The van der Waals surface area contributed by atoms with E-state index in [4.69, 9.17) is 9.84 Å². The van der Waals surface area contributed by atoms with Crippen molar-refractivity contribution in [2.75, 3.05) is 7.11 Å². The number of carboxylic acids is 1. The molecule has 0 fully saturated rings. The van der Waals surface area contributed by atoms with E-state index in [1.54, 1.807) is 7.11 Å². The molecule has 0 bridgehead atoms. The molecular weight excluding hydrogens is 216 g/mol. The second kappa shape index (κ2) is 7.71. The third kappa shape index (κ3) is 5.95. The average molecular weight is 236 g/mol. The van der Waals surface area contributed by atoms with Crippen molar-refractivity contribution in [3.05, 3.63) is 29.8 Å². The van der Waals surface area contributed by atoms with E-state index in [1.807, 2.05) is 12.1 Å². The molecule has 1 N–H and O–H groups in total. The molecule has 0 aromatic heterocycles. The van der Waals surface area contributed by atoms with Gasteiger partial charge in [0.25, 0.3) is 0 Å². The fourth-order valence-electron chi connectivity index (χ4n) is 1.75. The third-order valence-corrected chi connectivity index (χ3v) is 2.77. The van der Waals surface area contributed by atoms with Gasteiger partial charge in [-0.3, -0.25) is 4.79 Å². The number of unbranched alkanes of at least 4 members (excludes halogenated alkanes) is 3. The first-order valence-electron chi connectivity index (χ1n) is 6.07. The van der Waals surface area contributed by atoms with Crippen LogP contribution in [0.4, 0.5) is 0 Å². The zero-order valence-electron chi connectivity index (χ0n) is 10.3. The minimum atomic E-state index is -0.694. The van der Waals surface area contributed by atoms with Gasteiger partial charge >= 0.3 is 5.97 Å². The normalized spacial score (nSPS) is 10.2. The number of carbonyl (C=O) groups is 1. The highest BCUT2D eigenvalue weighted by molar-refractivity contribution is 5.66. The molecule has 0 saturated carbocycles. The summed E-state index contributed by atoms with van der Waals surface area (Å²) in [7, 11) is 1.66. The van der Waals surface area contributed by atoms with E-state index in [0.717, 1.165) is 37.9 Å². The van der Waals surface area contributed by atoms with Crippen LogP contribution in [0.2, 0.25) is 0 Å². The molecular formula is C14H20O3. The summed E-state index contributed by atoms with van der Waals surface area (Å²) in [5.41, 5.74) is 1.31. The Bertz CT molecular complexity index is 330. The Morgan fingerprint density at radius 1 is 1.12 bits per heavy atom. The van der Waals surface area contributed by atoms with Crippen molar-refractivity contribution in [2.45, 2.75) is 38.5 Å². The lowest BCUT2D eigenvalue weighted by Crippen LogP contribution is -1.94. The molecule has 3 nitrogen and oxygen atoms in total. The summed E-state index contributed by atoms with van der Waals surface area (Å²) in [5.74, 6) is 0.190. The minimum absolute atomic E-state index is 0.294. The van der Waals surface area contributed by atoms with Gasteiger partial charge in [-0.15, -0.1) is 0 Å². The van der Waals surface area contributed by atoms with Gasteiger partial charge in [-0.1, -0.05) is 25.0 Å². The summed E-state index contributed by atoms with van der Waals surface area (Å²) >= 11 is 0. The second-order valence-corrected chi connectivity index (χ2v) is 4.16. The zero-order valence-corrected chi connectivity index (χ0v) is 10.3. The molecule has 0 atom stereocenters. The Morgan fingerprint density at radius 3 is 2.35 bits per heavy atom. The molecule has 1 rings (SSSR count). The Hall–Kier alpha value is -1.51. The van der Waals surface area contributed by atoms with Gasteiger partial charge in [-0.25, -0.2) is 0 Å². The fraction of sp³-hybridized carbons (Fsp3) is 0.500. The summed E-state index contributed by atoms with van der Waals surface area (Å²) in [6.45, 7) is 0. The predicted octanol–water partition coefficient (Wildman–Crippen LogP) is 3.27. The number of aryl methyl sites for hydroxylation is 1. The Balaban J connectivity index is 2.11. The van der Waals surface area contributed by atoms with Crippen LogP contribution in [0.3, 0.4) is 0 Å². The van der Waals surface area contributed by atoms with Crippen molar-refractivity contribution < 1.29 is 14.6 Å². The zero-order chi connectivity index (χ0) is 12.5. The van der Waals surface area contributed by atoms with Crippen LogP contribution >= 0.6 is 0 Å². The van der Waals surface area contributed by atoms with Crippen LogP contribution in [0, 0.1) is 0 Å². The minimum Gasteiger partial charge on any atom is -0.497 e. The summed E-state index contributed by atoms with van der Waals surface area (Å²) in [5, 5.41) is 8.49. The van der Waals surface area contributed by atoms with Gasteiger partial charge in [0.1, 0.15) is 5.75 Å². The summed E-state index contributed by atoms with van der Waals surface area (Å²) in [4.78, 5) is 10.3. The lowest BCUT2D eigenvalue weighted by atomic mass is 10.1. The highest BCUT2D eigenvalue weighted by Gasteiger charge is 1.98. The van der Waals surface area contributed by atoms with Crippen molar-refractivity contribution in [1.82, 2.24) is 0 Å². The molecule has 1 aromatic carbocycles. The quantitative estimate of drug-likeness (QED) is 0.705. The fourth-order valence-corrected chi connectivity index (χ4v) is 1.75. The number of ether oxygens (including phenoxy) is 1. The maximum absolute atomic E-state index is 10.3. The molecule has 0 aliphatic carbocycles. The van der Waals surface area contributed by atoms with E-state index in [0.29, 0.717) is 6.42 Å². The Kier molecular flexibility index (Phi) is 6.15. The van der Waals surface area contributed by atoms with E-state index in [2.05, 4.69) is 12.1 Å². The summed E-state index contributed by atoms with van der Waals surface area (Å²) in [6, 6.07) is 8.10. The van der Waals surface area contributed by atoms with Crippen LogP contribution in [-0.4, -0.2) is 18.2 Å². The highest BCUT2D eigenvalue weighted by atomic mass is 16.5. The van der Waals surface area contributed by atoms with Gasteiger partial charge in [0.05, 0.1) is 7.11 Å². The number of hydrogen-bond donors (Lipinski definition) is 1.